The highest BCUT2D eigenvalue weighted by Gasteiger charge is 2.26. The number of anilines is 1. The summed E-state index contributed by atoms with van der Waals surface area (Å²) in [5, 5.41) is 9.71. The van der Waals surface area contributed by atoms with Crippen LogP contribution in [-0.4, -0.2) is 28.4 Å². The zero-order valence-electron chi connectivity index (χ0n) is 16.1. The first kappa shape index (κ1) is 18.3. The summed E-state index contributed by atoms with van der Waals surface area (Å²) >= 11 is 0. The Balaban J connectivity index is 1.73. The number of nitriles is 1. The first-order valence-corrected chi connectivity index (χ1v) is 9.80. The van der Waals surface area contributed by atoms with Crippen molar-refractivity contribution in [2.45, 2.75) is 51.7 Å². The minimum atomic E-state index is 0.0206. The normalized spacial score (nSPS) is 16.5. The van der Waals surface area contributed by atoms with E-state index in [4.69, 9.17) is 10.5 Å². The van der Waals surface area contributed by atoms with Gasteiger partial charge in [-0.05, 0) is 43.4 Å². The molecule has 0 radical (unpaired) electrons. The van der Waals surface area contributed by atoms with Crippen LogP contribution in [0.5, 0.6) is 5.75 Å². The molecule has 1 amide bonds. The van der Waals surface area contributed by atoms with E-state index >= 15 is 0 Å². The molecule has 1 aliphatic carbocycles. The van der Waals surface area contributed by atoms with E-state index in [1.807, 2.05) is 24.3 Å². The van der Waals surface area contributed by atoms with Crippen molar-refractivity contribution in [3.8, 4) is 22.9 Å². The largest absolute Gasteiger partial charge is 0.490 e. The van der Waals surface area contributed by atoms with E-state index in [9.17, 15) is 10.1 Å². The summed E-state index contributed by atoms with van der Waals surface area (Å²) in [4.78, 5) is 18.1. The fourth-order valence-corrected chi connectivity index (χ4v) is 4.18. The molecule has 6 nitrogen and oxygen atoms in total. The summed E-state index contributed by atoms with van der Waals surface area (Å²) in [6, 6.07) is 10.0. The molecule has 2 heterocycles. The molecule has 0 unspecified atom stereocenters. The van der Waals surface area contributed by atoms with Gasteiger partial charge in [0, 0.05) is 37.6 Å². The van der Waals surface area contributed by atoms with Crippen LogP contribution in [0.4, 0.5) is 5.82 Å². The molecule has 0 saturated heterocycles. The maximum atomic E-state index is 11.9. The van der Waals surface area contributed by atoms with Crippen LogP contribution < -0.4 is 10.5 Å². The summed E-state index contributed by atoms with van der Waals surface area (Å²) in [5.74, 6) is 1.11. The zero-order valence-corrected chi connectivity index (χ0v) is 16.1. The van der Waals surface area contributed by atoms with E-state index < -0.39 is 0 Å². The lowest BCUT2D eigenvalue weighted by molar-refractivity contribution is -0.129. The number of benzene rings is 1. The number of ether oxygens (including phenoxy) is 1. The van der Waals surface area contributed by atoms with Gasteiger partial charge in [-0.25, -0.2) is 4.98 Å². The quantitative estimate of drug-likeness (QED) is 0.886. The monoisotopic (exact) mass is 376 g/mol. The molecule has 0 spiro atoms. The Morgan fingerprint density at radius 2 is 2.00 bits per heavy atom. The van der Waals surface area contributed by atoms with E-state index in [0.717, 1.165) is 41.0 Å². The van der Waals surface area contributed by atoms with Crippen molar-refractivity contribution in [1.82, 2.24) is 9.88 Å². The average molecular weight is 376 g/mol. The highest BCUT2D eigenvalue weighted by molar-refractivity contribution is 5.81. The Labute approximate surface area is 164 Å². The molecule has 28 heavy (non-hydrogen) atoms. The summed E-state index contributed by atoms with van der Waals surface area (Å²) in [7, 11) is 0. The van der Waals surface area contributed by atoms with Crippen LogP contribution in [0, 0.1) is 11.3 Å². The van der Waals surface area contributed by atoms with E-state index in [2.05, 4.69) is 11.1 Å². The van der Waals surface area contributed by atoms with Gasteiger partial charge < -0.3 is 15.4 Å². The van der Waals surface area contributed by atoms with Crippen molar-refractivity contribution in [2.75, 3.05) is 12.3 Å². The number of amides is 1. The van der Waals surface area contributed by atoms with Gasteiger partial charge in [-0.2, -0.15) is 5.26 Å². The predicted molar refractivity (Wildman–Crippen MR) is 106 cm³/mol. The molecule has 0 atom stereocenters. The van der Waals surface area contributed by atoms with Crippen molar-refractivity contribution < 1.29 is 9.53 Å². The maximum absolute atomic E-state index is 11.9. The Hall–Kier alpha value is -3.07. The molecule has 4 rings (SSSR count). The fourth-order valence-electron chi connectivity index (χ4n) is 4.18. The first-order chi connectivity index (χ1) is 13.6. The van der Waals surface area contributed by atoms with Crippen LogP contribution in [0.25, 0.3) is 11.1 Å². The Morgan fingerprint density at radius 3 is 2.64 bits per heavy atom. The summed E-state index contributed by atoms with van der Waals surface area (Å²) in [6.45, 7) is 2.63. The van der Waals surface area contributed by atoms with Crippen LogP contribution in [-0.2, 0) is 17.8 Å². The molecule has 144 valence electrons. The fraction of sp³-hybridized carbons (Fsp3) is 0.409. The molecule has 1 aromatic carbocycles. The average Bonchev–Trinajstić information content (AvgIpc) is 3.20. The molecule has 2 N–H and O–H groups in total. The third-order valence-electron chi connectivity index (χ3n) is 5.68. The van der Waals surface area contributed by atoms with E-state index in [1.165, 1.54) is 12.8 Å². The van der Waals surface area contributed by atoms with Crippen molar-refractivity contribution in [3.63, 3.8) is 0 Å². The van der Waals surface area contributed by atoms with Crippen molar-refractivity contribution in [3.05, 3.63) is 41.1 Å². The number of nitrogen functional groups attached to an aromatic ring is 1. The highest BCUT2D eigenvalue weighted by Crippen LogP contribution is 2.36. The van der Waals surface area contributed by atoms with Gasteiger partial charge in [-0.3, -0.25) is 4.79 Å². The lowest BCUT2D eigenvalue weighted by Crippen LogP contribution is -2.35. The summed E-state index contributed by atoms with van der Waals surface area (Å²) < 4.78 is 6.05. The predicted octanol–water partition coefficient (Wildman–Crippen LogP) is 3.43. The molecule has 1 fully saturated rings. The Kier molecular flexibility index (Phi) is 4.91. The number of aromatic nitrogens is 1. The summed E-state index contributed by atoms with van der Waals surface area (Å²) in [5.41, 5.74) is 9.92. The van der Waals surface area contributed by atoms with Gasteiger partial charge >= 0.3 is 0 Å². The Morgan fingerprint density at radius 1 is 1.29 bits per heavy atom. The van der Waals surface area contributed by atoms with Gasteiger partial charge in [0.2, 0.25) is 5.91 Å². The number of carbonyl (C=O) groups is 1. The number of hydrogen-bond donors (Lipinski definition) is 1. The number of carbonyl (C=O) groups excluding carboxylic acids is 1. The van der Waals surface area contributed by atoms with Gasteiger partial charge in [0.1, 0.15) is 23.2 Å². The molecule has 2 aromatic rings. The van der Waals surface area contributed by atoms with Crippen LogP contribution >= 0.6 is 0 Å². The molecular formula is C22H24N4O2. The third-order valence-corrected chi connectivity index (χ3v) is 5.68. The summed E-state index contributed by atoms with van der Waals surface area (Å²) in [6.07, 6.45) is 5.60. The number of fused-ring (bicyclic) bond motifs is 1. The van der Waals surface area contributed by atoms with Crippen LogP contribution in [0.3, 0.4) is 0 Å². The van der Waals surface area contributed by atoms with Crippen molar-refractivity contribution in [2.24, 2.45) is 0 Å². The highest BCUT2D eigenvalue weighted by atomic mass is 16.5. The lowest BCUT2D eigenvalue weighted by Gasteiger charge is -2.29. The Bertz CT molecular complexity index is 940. The van der Waals surface area contributed by atoms with Crippen LogP contribution in [0.2, 0.25) is 0 Å². The molecule has 6 heteroatoms. The van der Waals surface area contributed by atoms with Gasteiger partial charge in [-0.15, -0.1) is 0 Å². The molecule has 0 bridgehead atoms. The van der Waals surface area contributed by atoms with Crippen molar-refractivity contribution in [1.29, 1.82) is 5.26 Å². The van der Waals surface area contributed by atoms with Gasteiger partial charge in [0.25, 0.3) is 0 Å². The van der Waals surface area contributed by atoms with E-state index in [-0.39, 0.29) is 11.7 Å². The minimum absolute atomic E-state index is 0.0206. The first-order valence-electron chi connectivity index (χ1n) is 9.80. The molecular weight excluding hydrogens is 352 g/mol. The second kappa shape index (κ2) is 7.51. The number of hydrogen-bond acceptors (Lipinski definition) is 5. The molecule has 1 aliphatic heterocycles. The zero-order chi connectivity index (χ0) is 19.7. The number of nitrogens with two attached hydrogens (primary N) is 1. The van der Waals surface area contributed by atoms with Gasteiger partial charge in [-0.1, -0.05) is 12.1 Å². The third kappa shape index (κ3) is 3.40. The van der Waals surface area contributed by atoms with Gasteiger partial charge in [0.05, 0.1) is 11.8 Å². The van der Waals surface area contributed by atoms with E-state index in [0.29, 0.717) is 31.2 Å². The second-order valence-electron chi connectivity index (χ2n) is 7.52. The minimum Gasteiger partial charge on any atom is -0.490 e. The molecule has 2 aliphatic rings. The van der Waals surface area contributed by atoms with Crippen LogP contribution in [0.15, 0.2) is 24.3 Å². The molecule has 1 saturated carbocycles. The van der Waals surface area contributed by atoms with E-state index in [1.54, 1.807) is 11.8 Å². The molecule has 1 aromatic heterocycles. The van der Waals surface area contributed by atoms with Gasteiger partial charge in [0.15, 0.2) is 0 Å². The van der Waals surface area contributed by atoms with Crippen LogP contribution in [0.1, 0.15) is 49.4 Å². The number of rotatable bonds is 3. The number of nitrogens with zero attached hydrogens (tertiary/aromatic N) is 3. The SMILES string of the molecule is CC(=O)N1CCc2nc(N)c(C#N)c(-c3ccc(OC4CCCC4)cc3)c2C1. The van der Waals surface area contributed by atoms with Crippen molar-refractivity contribution >= 4 is 11.7 Å². The maximum Gasteiger partial charge on any atom is 0.219 e. The standard InChI is InChI=1S/C22H24N4O2/c1-14(27)26-11-10-20-19(13-26)21(18(12-23)22(24)25-20)15-6-8-17(9-7-15)28-16-4-2-3-5-16/h6-9,16H,2-5,10-11,13H2,1H3,(H2,24,25). The lowest BCUT2D eigenvalue weighted by atomic mass is 9.91. The second-order valence-corrected chi connectivity index (χ2v) is 7.52. The number of pyridine rings is 1. The topological polar surface area (TPSA) is 92.2 Å². The smallest absolute Gasteiger partial charge is 0.219 e.